The molecule has 0 aromatic rings. The van der Waals surface area contributed by atoms with Gasteiger partial charge in [-0.25, -0.2) is 0 Å². The third-order valence-electron chi connectivity index (χ3n) is 2.83. The largest absolute Gasteiger partial charge is 0.387 e. The molecule has 3 heteroatoms. The molecule has 2 fully saturated rings. The highest BCUT2D eigenvalue weighted by molar-refractivity contribution is 4.91. The summed E-state index contributed by atoms with van der Waals surface area (Å²) < 4.78 is 11.2. The van der Waals surface area contributed by atoms with Crippen LogP contribution < -0.4 is 0 Å². The summed E-state index contributed by atoms with van der Waals surface area (Å²) in [6.45, 7) is 2.80. The van der Waals surface area contributed by atoms with Crippen molar-refractivity contribution in [3.05, 3.63) is 0 Å². The van der Waals surface area contributed by atoms with Gasteiger partial charge in [-0.05, 0) is 12.8 Å². The van der Waals surface area contributed by atoms with E-state index in [4.69, 9.17) is 9.47 Å². The lowest BCUT2D eigenvalue weighted by molar-refractivity contribution is -0.232. The molecule has 70 valence electrons. The van der Waals surface area contributed by atoms with Crippen LogP contribution in [0, 0.1) is 0 Å². The Morgan fingerprint density at radius 3 is 2.92 bits per heavy atom. The predicted octanol–water partition coefficient (Wildman–Crippen LogP) is 1.05. The van der Waals surface area contributed by atoms with E-state index in [1.807, 2.05) is 0 Å². The number of ether oxygens (including phenoxy) is 2. The van der Waals surface area contributed by atoms with E-state index in [-0.39, 0.29) is 6.10 Å². The van der Waals surface area contributed by atoms with Gasteiger partial charge < -0.3 is 14.6 Å². The Morgan fingerprint density at radius 2 is 2.42 bits per heavy atom. The second-order valence-electron chi connectivity index (χ2n) is 3.66. The molecule has 2 rings (SSSR count). The standard InChI is InChI=1S/C9H16O3/c1-2-7-6-8(10)9(12-7)4-3-5-11-9/h7-8,10H,2-6H2,1H3. The van der Waals surface area contributed by atoms with Gasteiger partial charge in [-0.2, -0.15) is 0 Å². The first-order valence-electron chi connectivity index (χ1n) is 4.76. The Kier molecular flexibility index (Phi) is 2.10. The van der Waals surface area contributed by atoms with Gasteiger partial charge in [0.1, 0.15) is 6.10 Å². The SMILES string of the molecule is CCC1CC(O)C2(CCCO2)O1. The van der Waals surface area contributed by atoms with Crippen LogP contribution in [0.2, 0.25) is 0 Å². The molecule has 0 bridgehead atoms. The molecule has 0 amide bonds. The van der Waals surface area contributed by atoms with Crippen LogP contribution in [-0.2, 0) is 9.47 Å². The fraction of sp³-hybridized carbons (Fsp3) is 1.00. The molecule has 1 N–H and O–H groups in total. The molecule has 0 aromatic carbocycles. The van der Waals surface area contributed by atoms with Crippen molar-refractivity contribution in [1.29, 1.82) is 0 Å². The number of rotatable bonds is 1. The summed E-state index contributed by atoms with van der Waals surface area (Å²) in [4.78, 5) is 0. The minimum absolute atomic E-state index is 0.193. The van der Waals surface area contributed by atoms with E-state index >= 15 is 0 Å². The lowest BCUT2D eigenvalue weighted by Crippen LogP contribution is -2.38. The predicted molar refractivity (Wildman–Crippen MR) is 43.7 cm³/mol. The van der Waals surface area contributed by atoms with Gasteiger partial charge >= 0.3 is 0 Å². The van der Waals surface area contributed by atoms with E-state index in [1.54, 1.807) is 0 Å². The first-order valence-corrected chi connectivity index (χ1v) is 4.76. The lowest BCUT2D eigenvalue weighted by atomic mass is 10.0. The van der Waals surface area contributed by atoms with E-state index in [9.17, 15) is 5.11 Å². The Bertz CT molecular complexity index is 163. The minimum Gasteiger partial charge on any atom is -0.387 e. The molecule has 2 aliphatic rings. The van der Waals surface area contributed by atoms with Crippen LogP contribution in [0.15, 0.2) is 0 Å². The fourth-order valence-corrected chi connectivity index (χ4v) is 2.08. The molecule has 0 saturated carbocycles. The minimum atomic E-state index is -0.624. The van der Waals surface area contributed by atoms with Crippen LogP contribution in [0.3, 0.4) is 0 Å². The summed E-state index contributed by atoms with van der Waals surface area (Å²) in [5.74, 6) is -0.624. The summed E-state index contributed by atoms with van der Waals surface area (Å²) in [6.07, 6.45) is 3.33. The zero-order valence-corrected chi connectivity index (χ0v) is 7.45. The molecular weight excluding hydrogens is 156 g/mol. The third-order valence-corrected chi connectivity index (χ3v) is 2.83. The smallest absolute Gasteiger partial charge is 0.194 e. The summed E-state index contributed by atoms with van der Waals surface area (Å²) >= 11 is 0. The van der Waals surface area contributed by atoms with E-state index < -0.39 is 11.9 Å². The topological polar surface area (TPSA) is 38.7 Å². The highest BCUT2D eigenvalue weighted by Crippen LogP contribution is 2.40. The number of aliphatic hydroxyl groups excluding tert-OH is 1. The highest BCUT2D eigenvalue weighted by atomic mass is 16.7. The Balaban J connectivity index is 2.06. The van der Waals surface area contributed by atoms with Crippen molar-refractivity contribution >= 4 is 0 Å². The van der Waals surface area contributed by atoms with Crippen molar-refractivity contribution < 1.29 is 14.6 Å². The van der Waals surface area contributed by atoms with Gasteiger partial charge in [-0.1, -0.05) is 6.92 Å². The summed E-state index contributed by atoms with van der Waals surface area (Å²) in [7, 11) is 0. The van der Waals surface area contributed by atoms with Gasteiger partial charge in [0.25, 0.3) is 0 Å². The van der Waals surface area contributed by atoms with Gasteiger partial charge in [0.2, 0.25) is 0 Å². The first kappa shape index (κ1) is 8.48. The normalized spacial score (nSPS) is 47.5. The van der Waals surface area contributed by atoms with Crippen LogP contribution in [0.5, 0.6) is 0 Å². The molecule has 3 unspecified atom stereocenters. The monoisotopic (exact) mass is 172 g/mol. The molecule has 3 atom stereocenters. The fourth-order valence-electron chi connectivity index (χ4n) is 2.08. The second-order valence-corrected chi connectivity index (χ2v) is 3.66. The Labute approximate surface area is 72.7 Å². The van der Waals surface area contributed by atoms with E-state index in [0.29, 0.717) is 0 Å². The van der Waals surface area contributed by atoms with Gasteiger partial charge in [0, 0.05) is 12.8 Å². The summed E-state index contributed by atoms with van der Waals surface area (Å²) in [5, 5.41) is 9.73. The zero-order chi connectivity index (χ0) is 8.60. The maximum Gasteiger partial charge on any atom is 0.194 e. The summed E-state index contributed by atoms with van der Waals surface area (Å²) in [5.41, 5.74) is 0. The van der Waals surface area contributed by atoms with Crippen molar-refractivity contribution in [2.45, 2.75) is 50.6 Å². The molecule has 2 heterocycles. The van der Waals surface area contributed by atoms with Crippen LogP contribution in [0.4, 0.5) is 0 Å². The Hall–Kier alpha value is -0.120. The van der Waals surface area contributed by atoms with Crippen molar-refractivity contribution in [1.82, 2.24) is 0 Å². The first-order chi connectivity index (χ1) is 5.77. The van der Waals surface area contributed by atoms with E-state index in [0.717, 1.165) is 32.3 Å². The van der Waals surface area contributed by atoms with Crippen molar-refractivity contribution in [2.75, 3.05) is 6.61 Å². The van der Waals surface area contributed by atoms with Gasteiger partial charge in [-0.15, -0.1) is 0 Å². The molecule has 0 radical (unpaired) electrons. The molecule has 12 heavy (non-hydrogen) atoms. The van der Waals surface area contributed by atoms with Crippen LogP contribution in [0.1, 0.15) is 32.6 Å². The maximum absolute atomic E-state index is 9.73. The number of hydrogen-bond acceptors (Lipinski definition) is 3. The van der Waals surface area contributed by atoms with Crippen LogP contribution >= 0.6 is 0 Å². The van der Waals surface area contributed by atoms with Crippen LogP contribution in [-0.4, -0.2) is 29.7 Å². The lowest BCUT2D eigenvalue weighted by Gasteiger charge is -2.25. The molecule has 0 aliphatic carbocycles. The Morgan fingerprint density at radius 1 is 1.58 bits per heavy atom. The second kappa shape index (κ2) is 2.98. The molecular formula is C9H16O3. The molecule has 3 nitrogen and oxygen atoms in total. The molecule has 0 aromatic heterocycles. The maximum atomic E-state index is 9.73. The average Bonchev–Trinajstić information content (AvgIpc) is 2.63. The van der Waals surface area contributed by atoms with Crippen molar-refractivity contribution in [2.24, 2.45) is 0 Å². The number of hydrogen-bond donors (Lipinski definition) is 1. The molecule has 2 aliphatic heterocycles. The van der Waals surface area contributed by atoms with Gasteiger partial charge in [0.15, 0.2) is 5.79 Å². The highest BCUT2D eigenvalue weighted by Gasteiger charge is 2.50. The average molecular weight is 172 g/mol. The summed E-state index contributed by atoms with van der Waals surface area (Å²) in [6, 6.07) is 0. The van der Waals surface area contributed by atoms with E-state index in [1.165, 1.54) is 0 Å². The number of aliphatic hydroxyl groups is 1. The van der Waals surface area contributed by atoms with Crippen LogP contribution in [0.25, 0.3) is 0 Å². The molecule has 1 spiro atoms. The van der Waals surface area contributed by atoms with Crippen molar-refractivity contribution in [3.63, 3.8) is 0 Å². The van der Waals surface area contributed by atoms with E-state index in [2.05, 4.69) is 6.92 Å². The zero-order valence-electron chi connectivity index (χ0n) is 7.45. The van der Waals surface area contributed by atoms with Gasteiger partial charge in [-0.3, -0.25) is 0 Å². The quantitative estimate of drug-likeness (QED) is 0.642. The van der Waals surface area contributed by atoms with Gasteiger partial charge in [0.05, 0.1) is 12.7 Å². The third kappa shape index (κ3) is 1.16. The van der Waals surface area contributed by atoms with Crippen molar-refractivity contribution in [3.8, 4) is 0 Å². The molecule has 2 saturated heterocycles.